The zero-order valence-corrected chi connectivity index (χ0v) is 20.2. The van der Waals surface area contributed by atoms with Gasteiger partial charge in [-0.2, -0.15) is 0 Å². The monoisotopic (exact) mass is 520 g/mol. The van der Waals surface area contributed by atoms with Crippen LogP contribution in [0.5, 0.6) is 11.5 Å². The molecule has 2 aromatic rings. The fourth-order valence-electron chi connectivity index (χ4n) is 2.91. The fourth-order valence-corrected chi connectivity index (χ4v) is 3.89. The Morgan fingerprint density at radius 1 is 0.625 bits per heavy atom. The maximum atomic E-state index is 12.2. The van der Waals surface area contributed by atoms with Crippen molar-refractivity contribution in [1.29, 1.82) is 0 Å². The van der Waals surface area contributed by atoms with E-state index in [-0.39, 0.29) is 56.2 Å². The van der Waals surface area contributed by atoms with Gasteiger partial charge in [-0.05, 0) is 50.2 Å². The van der Waals surface area contributed by atoms with Crippen LogP contribution in [0.4, 0.5) is 0 Å². The van der Waals surface area contributed by atoms with E-state index < -0.39 is 0 Å². The van der Waals surface area contributed by atoms with Gasteiger partial charge in [-0.25, -0.2) is 0 Å². The number of hydrogen-bond acceptors (Lipinski definition) is 6. The van der Waals surface area contributed by atoms with Gasteiger partial charge in [-0.3, -0.25) is 9.59 Å². The molecule has 0 aliphatic rings. The molecular weight excluding hydrogens is 498 g/mol. The normalized spacial score (nSPS) is 11.0. The Morgan fingerprint density at radius 3 is 1.25 bits per heavy atom. The third-order valence-corrected chi connectivity index (χ3v) is 5.86. The zero-order valence-electron chi connectivity index (χ0n) is 17.2. The standard InChI is InChI=1S/C22H24Cl4N2O4/c23-15-7-13(8-16(24)21(15)31)19(29)11-27-5-3-1-2-4-6-28-12-20(30)14-9-17(25)22(32)18(26)10-14/h7-10,27-28,31-32H,1-6,11-12H2. The number of carbonyl (C=O) groups excluding carboxylic acids is 2. The highest BCUT2D eigenvalue weighted by Crippen LogP contribution is 2.33. The largest absolute Gasteiger partial charge is 0.505 e. The van der Waals surface area contributed by atoms with E-state index in [4.69, 9.17) is 46.4 Å². The Balaban J connectivity index is 1.54. The molecule has 2 rings (SSSR count). The number of aromatic hydroxyl groups is 2. The van der Waals surface area contributed by atoms with Crippen molar-refractivity contribution >= 4 is 58.0 Å². The summed E-state index contributed by atoms with van der Waals surface area (Å²) in [7, 11) is 0. The molecule has 0 bridgehead atoms. The van der Waals surface area contributed by atoms with Crippen molar-refractivity contribution in [3.05, 3.63) is 55.5 Å². The van der Waals surface area contributed by atoms with Crippen LogP contribution in [-0.2, 0) is 0 Å². The summed E-state index contributed by atoms with van der Waals surface area (Å²) in [6.45, 7) is 1.71. The number of Topliss-reactive ketones (excluding diaryl/α,β-unsaturated/α-hetero) is 2. The van der Waals surface area contributed by atoms with Gasteiger partial charge >= 0.3 is 0 Å². The van der Waals surface area contributed by atoms with Crippen LogP contribution in [0, 0.1) is 0 Å². The van der Waals surface area contributed by atoms with Crippen LogP contribution in [-0.4, -0.2) is 48.0 Å². The minimum Gasteiger partial charge on any atom is -0.505 e. The Kier molecular flexibility index (Phi) is 11.0. The molecule has 0 saturated heterocycles. The number of halogens is 4. The van der Waals surface area contributed by atoms with E-state index >= 15 is 0 Å². The number of carbonyl (C=O) groups is 2. The summed E-state index contributed by atoms with van der Waals surface area (Å²) >= 11 is 23.3. The lowest BCUT2D eigenvalue weighted by atomic mass is 10.1. The first-order valence-electron chi connectivity index (χ1n) is 10.0. The molecule has 6 nitrogen and oxygen atoms in total. The highest BCUT2D eigenvalue weighted by molar-refractivity contribution is 6.38. The van der Waals surface area contributed by atoms with Crippen LogP contribution in [0.3, 0.4) is 0 Å². The molecule has 0 radical (unpaired) electrons. The Bertz CT molecular complexity index is 845. The maximum absolute atomic E-state index is 12.2. The number of benzene rings is 2. The lowest BCUT2D eigenvalue weighted by Gasteiger charge is -2.08. The molecule has 174 valence electrons. The topological polar surface area (TPSA) is 98.7 Å². The summed E-state index contributed by atoms with van der Waals surface area (Å²) in [5.41, 5.74) is 0.700. The van der Waals surface area contributed by atoms with Gasteiger partial charge in [0.05, 0.1) is 33.2 Å². The second-order valence-corrected chi connectivity index (χ2v) is 8.82. The highest BCUT2D eigenvalue weighted by atomic mass is 35.5. The van der Waals surface area contributed by atoms with Gasteiger partial charge in [-0.15, -0.1) is 0 Å². The molecule has 0 aromatic heterocycles. The van der Waals surface area contributed by atoms with E-state index in [1.165, 1.54) is 24.3 Å². The summed E-state index contributed by atoms with van der Waals surface area (Å²) in [5, 5.41) is 25.4. The number of phenols is 2. The quantitative estimate of drug-likeness (QED) is 0.205. The lowest BCUT2D eigenvalue weighted by molar-refractivity contribution is 0.0983. The van der Waals surface area contributed by atoms with Gasteiger partial charge < -0.3 is 20.8 Å². The first-order valence-corrected chi connectivity index (χ1v) is 11.6. The predicted molar refractivity (Wildman–Crippen MR) is 129 cm³/mol. The first kappa shape index (κ1) is 26.7. The second-order valence-electron chi connectivity index (χ2n) is 7.19. The molecule has 0 fully saturated rings. The van der Waals surface area contributed by atoms with Crippen LogP contribution in [0.15, 0.2) is 24.3 Å². The van der Waals surface area contributed by atoms with Crippen LogP contribution < -0.4 is 10.6 Å². The summed E-state index contributed by atoms with van der Waals surface area (Å²) in [6, 6.07) is 5.59. The van der Waals surface area contributed by atoms with Gasteiger partial charge in [-0.1, -0.05) is 59.2 Å². The van der Waals surface area contributed by atoms with Crippen LogP contribution in [0.25, 0.3) is 0 Å². The molecule has 0 heterocycles. The van der Waals surface area contributed by atoms with E-state index in [0.29, 0.717) is 24.2 Å². The molecule has 32 heavy (non-hydrogen) atoms. The molecule has 0 aliphatic carbocycles. The number of unbranched alkanes of at least 4 members (excludes halogenated alkanes) is 3. The Hall–Kier alpha value is -1.54. The molecule has 0 amide bonds. The third-order valence-electron chi connectivity index (χ3n) is 4.71. The van der Waals surface area contributed by atoms with E-state index in [1.54, 1.807) is 0 Å². The molecule has 2 aromatic carbocycles. The molecular formula is C22H24Cl4N2O4. The summed E-state index contributed by atoms with van der Waals surface area (Å²) < 4.78 is 0. The first-order chi connectivity index (χ1) is 15.2. The number of nitrogens with one attached hydrogen (secondary N) is 2. The molecule has 4 N–H and O–H groups in total. The van der Waals surface area contributed by atoms with E-state index in [1.807, 2.05) is 0 Å². The molecule has 0 unspecified atom stereocenters. The Labute approximate surface area is 206 Å². The van der Waals surface area contributed by atoms with E-state index in [0.717, 1.165) is 25.7 Å². The molecule has 0 spiro atoms. The molecule has 10 heteroatoms. The van der Waals surface area contributed by atoms with Crippen LogP contribution in [0.1, 0.15) is 46.4 Å². The van der Waals surface area contributed by atoms with Gasteiger partial charge in [0.2, 0.25) is 0 Å². The van der Waals surface area contributed by atoms with E-state index in [2.05, 4.69) is 10.6 Å². The smallest absolute Gasteiger partial charge is 0.176 e. The fraction of sp³-hybridized carbons (Fsp3) is 0.364. The number of rotatable bonds is 13. The Morgan fingerprint density at radius 2 is 0.938 bits per heavy atom. The van der Waals surface area contributed by atoms with Gasteiger partial charge in [0.25, 0.3) is 0 Å². The summed E-state index contributed by atoms with van der Waals surface area (Å²) in [5.74, 6) is -0.769. The zero-order chi connectivity index (χ0) is 23.7. The van der Waals surface area contributed by atoms with Gasteiger partial charge in [0.1, 0.15) is 0 Å². The average molecular weight is 522 g/mol. The lowest BCUT2D eigenvalue weighted by Crippen LogP contribution is -2.24. The number of ketones is 2. The molecule has 0 saturated carbocycles. The average Bonchev–Trinajstić information content (AvgIpc) is 2.75. The molecule has 0 aliphatic heterocycles. The third kappa shape index (κ3) is 8.10. The van der Waals surface area contributed by atoms with Crippen molar-refractivity contribution < 1.29 is 19.8 Å². The molecule has 0 atom stereocenters. The predicted octanol–water partition coefficient (Wildman–Crippen LogP) is 5.52. The van der Waals surface area contributed by atoms with Crippen molar-refractivity contribution in [3.63, 3.8) is 0 Å². The summed E-state index contributed by atoms with van der Waals surface area (Å²) in [6.07, 6.45) is 3.79. The second kappa shape index (κ2) is 13.2. The summed E-state index contributed by atoms with van der Waals surface area (Å²) in [4.78, 5) is 24.3. The van der Waals surface area contributed by atoms with Gasteiger partial charge in [0.15, 0.2) is 23.1 Å². The van der Waals surface area contributed by atoms with Gasteiger partial charge in [0, 0.05) is 11.1 Å². The van der Waals surface area contributed by atoms with Crippen molar-refractivity contribution in [2.24, 2.45) is 0 Å². The highest BCUT2D eigenvalue weighted by Gasteiger charge is 2.13. The SMILES string of the molecule is O=C(CNCCCCCCNCC(=O)c1cc(Cl)c(O)c(Cl)c1)c1cc(Cl)c(O)c(Cl)c1. The van der Waals surface area contributed by atoms with Crippen molar-refractivity contribution in [3.8, 4) is 11.5 Å². The van der Waals surface area contributed by atoms with Crippen molar-refractivity contribution in [1.82, 2.24) is 10.6 Å². The van der Waals surface area contributed by atoms with Crippen LogP contribution >= 0.6 is 46.4 Å². The van der Waals surface area contributed by atoms with Crippen molar-refractivity contribution in [2.75, 3.05) is 26.2 Å². The van der Waals surface area contributed by atoms with E-state index in [9.17, 15) is 19.8 Å². The minimum absolute atomic E-state index is 0.0480. The maximum Gasteiger partial charge on any atom is 0.176 e. The minimum atomic E-state index is -0.231. The number of phenolic OH excluding ortho intramolecular Hbond substituents is 2. The number of hydrogen-bond donors (Lipinski definition) is 4. The van der Waals surface area contributed by atoms with Crippen molar-refractivity contribution in [2.45, 2.75) is 25.7 Å². The van der Waals surface area contributed by atoms with Crippen LogP contribution in [0.2, 0.25) is 20.1 Å².